The van der Waals surface area contributed by atoms with Crippen LogP contribution in [0.1, 0.15) is 45.6 Å². The molecule has 4 atom stereocenters. The number of hydrogen-bond donors (Lipinski definition) is 3. The van der Waals surface area contributed by atoms with Crippen molar-refractivity contribution >= 4 is 53.7 Å². The van der Waals surface area contributed by atoms with E-state index in [1.54, 1.807) is 12.1 Å². The van der Waals surface area contributed by atoms with E-state index < -0.39 is 19.0 Å². The Morgan fingerprint density at radius 3 is 2.44 bits per heavy atom. The summed E-state index contributed by atoms with van der Waals surface area (Å²) in [4.78, 5) is 29.4. The summed E-state index contributed by atoms with van der Waals surface area (Å²) >= 11 is 6.32. The number of halogens is 1. The number of phenols is 1. The third-order valence-electron chi connectivity index (χ3n) is 9.32. The van der Waals surface area contributed by atoms with Crippen molar-refractivity contribution in [2.45, 2.75) is 52.5 Å². The molecule has 2 amide bonds. The quantitative estimate of drug-likeness (QED) is 0.135. The Kier molecular flexibility index (Phi) is 8.91. The Bertz CT molecular complexity index is 1660. The SMILES string of the molecule is C/C(=C\c1ccc(O)cc1Cl)CC[C@H]1OB(O)C[C@H]2C1=C(C(C)C)C[C@H]1C(=O)N(c3ccc(Nc4ccccc4)cc3)C(=O)[C@H]12. The van der Waals surface area contributed by atoms with Gasteiger partial charge in [0, 0.05) is 11.4 Å². The molecule has 3 aromatic carbocycles. The molecular formula is C36H38BClN2O5. The summed E-state index contributed by atoms with van der Waals surface area (Å²) in [6.07, 6.45) is 3.73. The number of nitrogens with zero attached hydrogens (tertiary/aromatic N) is 1. The normalized spacial score (nSPS) is 23.5. The van der Waals surface area contributed by atoms with Crippen LogP contribution in [0.15, 0.2) is 89.5 Å². The first-order chi connectivity index (χ1) is 21.6. The lowest BCUT2D eigenvalue weighted by atomic mass is 9.57. The highest BCUT2D eigenvalue weighted by Crippen LogP contribution is 2.52. The van der Waals surface area contributed by atoms with Crippen LogP contribution in [0.5, 0.6) is 5.75 Å². The number of imide groups is 1. The van der Waals surface area contributed by atoms with Gasteiger partial charge in [-0.3, -0.25) is 14.5 Å². The molecule has 2 aliphatic heterocycles. The van der Waals surface area contributed by atoms with Gasteiger partial charge in [0.05, 0.1) is 28.6 Å². The second kappa shape index (κ2) is 12.9. The topological polar surface area (TPSA) is 99.1 Å². The van der Waals surface area contributed by atoms with Crippen LogP contribution in [0.25, 0.3) is 6.08 Å². The minimum atomic E-state index is -1.02. The lowest BCUT2D eigenvalue weighted by molar-refractivity contribution is -0.122. The van der Waals surface area contributed by atoms with Crippen LogP contribution in [-0.4, -0.2) is 35.2 Å². The zero-order chi connectivity index (χ0) is 31.8. The third kappa shape index (κ3) is 6.32. The summed E-state index contributed by atoms with van der Waals surface area (Å²) in [6, 6.07) is 22.1. The summed E-state index contributed by atoms with van der Waals surface area (Å²) in [5, 5.41) is 24.4. The Morgan fingerprint density at radius 2 is 1.76 bits per heavy atom. The maximum atomic E-state index is 14.1. The van der Waals surface area contributed by atoms with Gasteiger partial charge in [0.1, 0.15) is 5.75 Å². The van der Waals surface area contributed by atoms with Crippen LogP contribution in [0, 0.1) is 23.7 Å². The number of aromatic hydroxyl groups is 1. The summed E-state index contributed by atoms with van der Waals surface area (Å²) in [5.41, 5.74) is 6.50. The van der Waals surface area contributed by atoms with Crippen LogP contribution in [-0.2, 0) is 14.2 Å². The van der Waals surface area contributed by atoms with Crippen molar-refractivity contribution in [1.29, 1.82) is 0 Å². The molecule has 2 fully saturated rings. The van der Waals surface area contributed by atoms with Gasteiger partial charge in [-0.1, -0.05) is 60.9 Å². The van der Waals surface area contributed by atoms with Crippen molar-refractivity contribution < 1.29 is 24.4 Å². The van der Waals surface area contributed by atoms with Crippen LogP contribution in [0.3, 0.4) is 0 Å². The molecule has 1 aliphatic carbocycles. The third-order valence-corrected chi connectivity index (χ3v) is 9.64. The highest BCUT2D eigenvalue weighted by molar-refractivity contribution is 6.43. The molecule has 6 rings (SSSR count). The largest absolute Gasteiger partial charge is 0.508 e. The molecule has 7 nitrogen and oxygen atoms in total. The lowest BCUT2D eigenvalue weighted by Gasteiger charge is -2.44. The van der Waals surface area contributed by atoms with E-state index in [-0.39, 0.29) is 41.8 Å². The Labute approximate surface area is 269 Å². The minimum absolute atomic E-state index is 0.116. The van der Waals surface area contributed by atoms with Gasteiger partial charge in [0.25, 0.3) is 0 Å². The maximum Gasteiger partial charge on any atom is 0.455 e. The fraction of sp³-hybridized carbons (Fsp3) is 0.333. The van der Waals surface area contributed by atoms with Crippen LogP contribution in [0.4, 0.5) is 17.1 Å². The Morgan fingerprint density at radius 1 is 1.04 bits per heavy atom. The fourth-order valence-corrected chi connectivity index (χ4v) is 7.45. The monoisotopic (exact) mass is 624 g/mol. The number of phenolic OH excluding ortho intramolecular Hbond substituents is 1. The molecule has 232 valence electrons. The number of hydrogen-bond acceptors (Lipinski definition) is 6. The first-order valence-corrected chi connectivity index (χ1v) is 16.0. The summed E-state index contributed by atoms with van der Waals surface area (Å²) < 4.78 is 6.15. The molecule has 3 N–H and O–H groups in total. The molecule has 3 aliphatic rings. The van der Waals surface area contributed by atoms with Crippen molar-refractivity contribution in [3.63, 3.8) is 0 Å². The fourth-order valence-electron chi connectivity index (χ4n) is 7.22. The average Bonchev–Trinajstić information content (AvgIpc) is 3.27. The van der Waals surface area contributed by atoms with Crippen molar-refractivity contribution in [2.24, 2.45) is 23.7 Å². The molecule has 0 aromatic heterocycles. The number of amides is 2. The van der Waals surface area contributed by atoms with Gasteiger partial charge < -0.3 is 20.1 Å². The van der Waals surface area contributed by atoms with Crippen LogP contribution >= 0.6 is 11.6 Å². The van der Waals surface area contributed by atoms with Gasteiger partial charge >= 0.3 is 7.12 Å². The molecule has 0 spiro atoms. The number of allylic oxidation sites excluding steroid dienone is 2. The number of fused-ring (bicyclic) bond motifs is 3. The molecule has 9 heteroatoms. The lowest BCUT2D eigenvalue weighted by Crippen LogP contribution is -2.46. The van der Waals surface area contributed by atoms with Crippen LogP contribution in [0.2, 0.25) is 11.3 Å². The molecule has 45 heavy (non-hydrogen) atoms. The van der Waals surface area contributed by atoms with Gasteiger partial charge in [-0.25, -0.2) is 0 Å². The van der Waals surface area contributed by atoms with Gasteiger partial charge in [-0.05, 0) is 110 Å². The predicted octanol–water partition coefficient (Wildman–Crippen LogP) is 7.63. The van der Waals surface area contributed by atoms with E-state index in [1.807, 2.05) is 67.6 Å². The standard InChI is InChI=1S/C36H38BClN2O5/c1-21(2)28-19-29-34(36(43)40(35(29)42)26-13-11-25(12-14-26)39-24-7-5-4-6-8-24)30-20-37(44)45-32(33(28)30)16-9-22(3)17-23-10-15-27(41)18-31(23)38/h4-8,10-15,17-18,21,29-30,32,34,39,41,44H,9,16,19-20H2,1-3H3/b22-17+/t29-,30+,32-,34-/m1/s1. The predicted molar refractivity (Wildman–Crippen MR) is 179 cm³/mol. The van der Waals surface area contributed by atoms with E-state index in [2.05, 4.69) is 19.2 Å². The number of carbonyl (C=O) groups is 2. The van der Waals surface area contributed by atoms with Crippen molar-refractivity contribution in [2.75, 3.05) is 10.2 Å². The maximum absolute atomic E-state index is 14.1. The second-order valence-corrected chi connectivity index (χ2v) is 13.1. The van der Waals surface area contributed by atoms with E-state index >= 15 is 0 Å². The zero-order valence-corrected chi connectivity index (χ0v) is 26.5. The molecule has 0 radical (unpaired) electrons. The van der Waals surface area contributed by atoms with Crippen molar-refractivity contribution in [3.8, 4) is 5.75 Å². The molecule has 2 heterocycles. The molecule has 0 saturated carbocycles. The zero-order valence-electron chi connectivity index (χ0n) is 25.7. The van der Waals surface area contributed by atoms with Gasteiger partial charge in [-0.15, -0.1) is 0 Å². The van der Waals surface area contributed by atoms with Gasteiger partial charge in [-0.2, -0.15) is 0 Å². The van der Waals surface area contributed by atoms with Crippen molar-refractivity contribution in [1.82, 2.24) is 0 Å². The Hall–Kier alpha value is -3.85. The summed E-state index contributed by atoms with van der Waals surface area (Å²) in [5.74, 6) is -1.37. The first-order valence-electron chi connectivity index (χ1n) is 15.6. The number of anilines is 3. The van der Waals surface area contributed by atoms with E-state index in [4.69, 9.17) is 16.3 Å². The number of para-hydroxylation sites is 1. The smallest absolute Gasteiger partial charge is 0.455 e. The summed E-state index contributed by atoms with van der Waals surface area (Å²) in [6.45, 7) is 6.26. The number of carbonyl (C=O) groups excluding carboxylic acids is 2. The minimum Gasteiger partial charge on any atom is -0.508 e. The van der Waals surface area contributed by atoms with Crippen molar-refractivity contribution in [3.05, 3.63) is 100 Å². The molecular weight excluding hydrogens is 587 g/mol. The second-order valence-electron chi connectivity index (χ2n) is 12.7. The molecule has 0 bridgehead atoms. The highest BCUT2D eigenvalue weighted by atomic mass is 35.5. The van der Waals surface area contributed by atoms with E-state index in [9.17, 15) is 19.7 Å². The van der Waals surface area contributed by atoms with Gasteiger partial charge in [0.15, 0.2) is 0 Å². The molecule has 2 saturated heterocycles. The number of benzene rings is 3. The number of nitrogens with one attached hydrogen (secondary N) is 1. The summed E-state index contributed by atoms with van der Waals surface area (Å²) in [7, 11) is -1.02. The van der Waals surface area contributed by atoms with E-state index in [1.165, 1.54) is 11.0 Å². The Balaban J connectivity index is 1.24. The van der Waals surface area contributed by atoms with E-state index in [0.29, 0.717) is 30.0 Å². The first kappa shape index (κ1) is 31.2. The molecule has 0 unspecified atom stereocenters. The van der Waals surface area contributed by atoms with Gasteiger partial charge in [0.2, 0.25) is 11.8 Å². The molecule has 3 aromatic rings. The average molecular weight is 625 g/mol. The van der Waals surface area contributed by atoms with Crippen LogP contribution < -0.4 is 10.2 Å². The highest BCUT2D eigenvalue weighted by Gasteiger charge is 2.57. The van der Waals surface area contributed by atoms with E-state index in [0.717, 1.165) is 33.7 Å². The number of rotatable bonds is 8.